The van der Waals surface area contributed by atoms with Gasteiger partial charge in [-0.2, -0.15) is 0 Å². The van der Waals surface area contributed by atoms with Gasteiger partial charge in [0.15, 0.2) is 0 Å². The van der Waals surface area contributed by atoms with Crippen LogP contribution >= 0.6 is 15.9 Å². The number of ether oxygens (including phenoxy) is 1. The topological polar surface area (TPSA) is 9.23 Å². The van der Waals surface area contributed by atoms with Crippen molar-refractivity contribution in [1.82, 2.24) is 0 Å². The van der Waals surface area contributed by atoms with Gasteiger partial charge in [0.05, 0.1) is 11.9 Å². The first kappa shape index (κ1) is 13.5. The Morgan fingerprint density at radius 2 is 1.69 bits per heavy atom. The zero-order valence-electron chi connectivity index (χ0n) is 10.1. The van der Waals surface area contributed by atoms with Crippen LogP contribution in [0.15, 0.2) is 24.3 Å². The summed E-state index contributed by atoms with van der Waals surface area (Å²) in [6, 6.07) is 7.10. The molecule has 0 bridgehead atoms. The molecule has 2 atom stereocenters. The van der Waals surface area contributed by atoms with Crippen LogP contribution in [-0.2, 0) is 0 Å². The number of halogens is 2. The molecule has 3 heteroatoms. The quantitative estimate of drug-likeness (QED) is 0.744. The predicted octanol–water partition coefficient (Wildman–Crippen LogP) is 4.52. The lowest BCUT2D eigenvalue weighted by Crippen LogP contribution is -2.24. The number of hydrogen-bond acceptors (Lipinski definition) is 1. The molecule has 0 amide bonds. The Kier molecular flexibility index (Phi) is 4.36. The van der Waals surface area contributed by atoms with Gasteiger partial charge in [-0.1, -0.05) is 48.8 Å². The number of alkyl halides is 2. The summed E-state index contributed by atoms with van der Waals surface area (Å²) in [7, 11) is 1.60. The minimum absolute atomic E-state index is 0.112. The van der Waals surface area contributed by atoms with Crippen molar-refractivity contribution in [2.75, 3.05) is 7.11 Å². The highest BCUT2D eigenvalue weighted by Gasteiger charge is 2.31. The number of rotatable bonds is 3. The molecule has 0 heterocycles. The summed E-state index contributed by atoms with van der Waals surface area (Å²) in [6.45, 7) is 6.05. The minimum atomic E-state index is -1.01. The SMILES string of the molecule is COc1ccc(C(F)C(Br)C(C)(C)C)cc1. The Morgan fingerprint density at radius 3 is 2.06 bits per heavy atom. The van der Waals surface area contributed by atoms with Gasteiger partial charge in [-0.25, -0.2) is 4.39 Å². The standard InChI is InChI=1S/C13H18BrFO/c1-13(2,3)12(14)11(15)9-5-7-10(16-4)8-6-9/h5-8,11-12H,1-4H3. The maximum Gasteiger partial charge on any atom is 0.138 e. The van der Waals surface area contributed by atoms with Crippen LogP contribution in [-0.4, -0.2) is 11.9 Å². The lowest BCUT2D eigenvalue weighted by Gasteiger charge is -2.28. The molecule has 1 nitrogen and oxygen atoms in total. The molecule has 0 aliphatic rings. The molecule has 0 radical (unpaired) electrons. The first-order valence-corrected chi connectivity index (χ1v) is 6.20. The summed E-state index contributed by atoms with van der Waals surface area (Å²) in [5.74, 6) is 0.748. The van der Waals surface area contributed by atoms with Gasteiger partial charge >= 0.3 is 0 Å². The number of hydrogen-bond donors (Lipinski definition) is 0. The molecule has 0 spiro atoms. The maximum absolute atomic E-state index is 14.2. The van der Waals surface area contributed by atoms with Crippen LogP contribution in [0.2, 0.25) is 0 Å². The highest BCUT2D eigenvalue weighted by Crippen LogP contribution is 2.38. The van der Waals surface area contributed by atoms with Crippen LogP contribution in [0.5, 0.6) is 5.75 Å². The van der Waals surface area contributed by atoms with Gasteiger partial charge in [0.25, 0.3) is 0 Å². The normalized spacial score (nSPS) is 15.6. The molecule has 0 aromatic heterocycles. The van der Waals surface area contributed by atoms with Crippen LogP contribution in [0.3, 0.4) is 0 Å². The van der Waals surface area contributed by atoms with Crippen molar-refractivity contribution >= 4 is 15.9 Å². The second-order valence-electron chi connectivity index (χ2n) is 4.94. The maximum atomic E-state index is 14.2. The van der Waals surface area contributed by atoms with E-state index in [9.17, 15) is 4.39 Å². The van der Waals surface area contributed by atoms with Crippen molar-refractivity contribution in [3.05, 3.63) is 29.8 Å². The molecule has 1 aromatic rings. The van der Waals surface area contributed by atoms with Gasteiger partial charge < -0.3 is 4.74 Å². The van der Waals surface area contributed by atoms with Gasteiger partial charge in [-0.15, -0.1) is 0 Å². The molecule has 0 saturated carbocycles. The van der Waals surface area contributed by atoms with Gasteiger partial charge in [0.1, 0.15) is 11.9 Å². The van der Waals surface area contributed by atoms with Gasteiger partial charge in [-0.3, -0.25) is 0 Å². The molecule has 0 saturated heterocycles. The molecule has 1 rings (SSSR count). The van der Waals surface area contributed by atoms with E-state index in [0.717, 1.165) is 5.75 Å². The fourth-order valence-corrected chi connectivity index (χ4v) is 1.70. The molecular weight excluding hydrogens is 271 g/mol. The van der Waals surface area contributed by atoms with Crippen molar-refractivity contribution in [3.63, 3.8) is 0 Å². The van der Waals surface area contributed by atoms with Crippen molar-refractivity contribution in [1.29, 1.82) is 0 Å². The highest BCUT2D eigenvalue weighted by atomic mass is 79.9. The molecule has 90 valence electrons. The summed E-state index contributed by atoms with van der Waals surface area (Å²) in [4.78, 5) is -0.201. The average Bonchev–Trinajstić information content (AvgIpc) is 2.26. The van der Waals surface area contributed by atoms with Crippen molar-refractivity contribution in [3.8, 4) is 5.75 Å². The van der Waals surface area contributed by atoms with Crippen molar-refractivity contribution in [2.24, 2.45) is 5.41 Å². The Labute approximate surface area is 105 Å². The van der Waals surface area contributed by atoms with Crippen LogP contribution in [0.25, 0.3) is 0 Å². The summed E-state index contributed by atoms with van der Waals surface area (Å²) in [6.07, 6.45) is -1.01. The predicted molar refractivity (Wildman–Crippen MR) is 69.0 cm³/mol. The third kappa shape index (κ3) is 3.21. The van der Waals surface area contributed by atoms with E-state index in [4.69, 9.17) is 4.74 Å². The monoisotopic (exact) mass is 288 g/mol. The Bertz CT molecular complexity index is 329. The van der Waals surface area contributed by atoms with E-state index in [0.29, 0.717) is 5.56 Å². The average molecular weight is 289 g/mol. The van der Waals surface area contributed by atoms with Gasteiger partial charge in [0.2, 0.25) is 0 Å². The largest absolute Gasteiger partial charge is 0.497 e. The molecule has 0 fully saturated rings. The molecule has 0 aliphatic heterocycles. The van der Waals surface area contributed by atoms with E-state index in [1.54, 1.807) is 31.4 Å². The molecule has 16 heavy (non-hydrogen) atoms. The van der Waals surface area contributed by atoms with Crippen molar-refractivity contribution < 1.29 is 9.13 Å². The minimum Gasteiger partial charge on any atom is -0.497 e. The van der Waals surface area contributed by atoms with Crippen LogP contribution in [0.1, 0.15) is 32.5 Å². The first-order chi connectivity index (χ1) is 7.36. The third-order valence-corrected chi connectivity index (χ3v) is 4.36. The third-order valence-electron chi connectivity index (χ3n) is 2.52. The molecular formula is C13H18BrFO. The Hall–Kier alpha value is -0.570. The molecule has 1 aromatic carbocycles. The fourth-order valence-electron chi connectivity index (χ4n) is 1.40. The van der Waals surface area contributed by atoms with Crippen molar-refractivity contribution in [2.45, 2.75) is 31.8 Å². The highest BCUT2D eigenvalue weighted by molar-refractivity contribution is 9.09. The lowest BCUT2D eigenvalue weighted by molar-refractivity contribution is 0.245. The van der Waals surface area contributed by atoms with Gasteiger partial charge in [0, 0.05) is 0 Å². The second-order valence-corrected chi connectivity index (χ2v) is 5.93. The Morgan fingerprint density at radius 1 is 1.19 bits per heavy atom. The summed E-state index contributed by atoms with van der Waals surface area (Å²) < 4.78 is 19.2. The first-order valence-electron chi connectivity index (χ1n) is 5.28. The van der Waals surface area contributed by atoms with E-state index in [2.05, 4.69) is 15.9 Å². The van der Waals surface area contributed by atoms with Crippen LogP contribution in [0, 0.1) is 5.41 Å². The molecule has 0 aliphatic carbocycles. The molecule has 0 N–H and O–H groups in total. The van der Waals surface area contributed by atoms with E-state index in [-0.39, 0.29) is 10.2 Å². The van der Waals surface area contributed by atoms with Crippen LogP contribution in [0.4, 0.5) is 4.39 Å². The summed E-state index contributed by atoms with van der Waals surface area (Å²) in [5.41, 5.74) is 0.567. The second kappa shape index (κ2) is 5.17. The van der Waals surface area contributed by atoms with E-state index < -0.39 is 6.17 Å². The summed E-state index contributed by atoms with van der Waals surface area (Å²) in [5, 5.41) is 0. The lowest BCUT2D eigenvalue weighted by atomic mass is 9.87. The van der Waals surface area contributed by atoms with Gasteiger partial charge in [-0.05, 0) is 23.1 Å². The smallest absolute Gasteiger partial charge is 0.138 e. The Balaban J connectivity index is 2.84. The van der Waals surface area contributed by atoms with E-state index >= 15 is 0 Å². The molecule has 2 unspecified atom stereocenters. The van der Waals surface area contributed by atoms with Crippen LogP contribution < -0.4 is 4.74 Å². The zero-order chi connectivity index (χ0) is 12.3. The number of methoxy groups -OCH3 is 1. The summed E-state index contributed by atoms with van der Waals surface area (Å²) >= 11 is 3.43. The zero-order valence-corrected chi connectivity index (χ0v) is 11.7. The number of benzene rings is 1. The van der Waals surface area contributed by atoms with E-state index in [1.165, 1.54) is 0 Å². The fraction of sp³-hybridized carbons (Fsp3) is 0.538. The van der Waals surface area contributed by atoms with E-state index in [1.807, 2.05) is 20.8 Å².